The van der Waals surface area contributed by atoms with Crippen LogP contribution in [0.15, 0.2) is 65.6 Å². The van der Waals surface area contributed by atoms with Gasteiger partial charge >= 0.3 is 6.03 Å². The highest BCUT2D eigenvalue weighted by molar-refractivity contribution is 7.92. The van der Waals surface area contributed by atoms with Crippen LogP contribution in [0.2, 0.25) is 10.0 Å². The van der Waals surface area contributed by atoms with Crippen LogP contribution in [0.4, 0.5) is 30.6 Å². The molecule has 2 amide bonds. The Kier molecular flexibility index (Phi) is 6.45. The minimum atomic E-state index is -3.91. The molecule has 0 saturated carbocycles. The zero-order valence-corrected chi connectivity index (χ0v) is 17.2. The Labute approximate surface area is 180 Å². The van der Waals surface area contributed by atoms with Gasteiger partial charge in [0.1, 0.15) is 11.6 Å². The smallest absolute Gasteiger partial charge is 0.308 e. The largest absolute Gasteiger partial charge is 0.323 e. The van der Waals surface area contributed by atoms with Gasteiger partial charge in [0.2, 0.25) is 0 Å². The number of nitrogens with one attached hydrogen (secondary N) is 3. The molecule has 3 aromatic rings. The minimum absolute atomic E-state index is 0.0656. The van der Waals surface area contributed by atoms with Crippen molar-refractivity contribution < 1.29 is 22.0 Å². The van der Waals surface area contributed by atoms with Crippen molar-refractivity contribution in [3.05, 3.63) is 82.3 Å². The van der Waals surface area contributed by atoms with E-state index in [0.29, 0.717) is 6.07 Å². The molecular formula is C19H13Cl2F2N3O3S. The predicted molar refractivity (Wildman–Crippen MR) is 113 cm³/mol. The van der Waals surface area contributed by atoms with E-state index in [2.05, 4.69) is 15.4 Å². The minimum Gasteiger partial charge on any atom is -0.308 e. The van der Waals surface area contributed by atoms with Crippen molar-refractivity contribution in [2.45, 2.75) is 4.90 Å². The summed E-state index contributed by atoms with van der Waals surface area (Å²) >= 11 is 11.7. The summed E-state index contributed by atoms with van der Waals surface area (Å²) < 4.78 is 53.8. The fourth-order valence-corrected chi connectivity index (χ4v) is 3.71. The van der Waals surface area contributed by atoms with Crippen molar-refractivity contribution in [3.63, 3.8) is 0 Å². The van der Waals surface area contributed by atoms with Crippen LogP contribution in [-0.4, -0.2) is 14.4 Å². The van der Waals surface area contributed by atoms with E-state index < -0.39 is 27.7 Å². The van der Waals surface area contributed by atoms with Gasteiger partial charge in [0, 0.05) is 11.8 Å². The molecule has 0 radical (unpaired) electrons. The summed E-state index contributed by atoms with van der Waals surface area (Å²) in [6.07, 6.45) is 0. The molecule has 6 nitrogen and oxygen atoms in total. The molecule has 11 heteroatoms. The van der Waals surface area contributed by atoms with Gasteiger partial charge < -0.3 is 10.6 Å². The van der Waals surface area contributed by atoms with Gasteiger partial charge in [0.25, 0.3) is 10.0 Å². The summed E-state index contributed by atoms with van der Waals surface area (Å²) in [5.74, 6) is -1.70. The highest BCUT2D eigenvalue weighted by atomic mass is 35.5. The zero-order valence-electron chi connectivity index (χ0n) is 14.9. The van der Waals surface area contributed by atoms with Crippen LogP contribution in [0.25, 0.3) is 0 Å². The molecule has 30 heavy (non-hydrogen) atoms. The number of anilines is 3. The topological polar surface area (TPSA) is 87.3 Å². The number of carbonyl (C=O) groups is 1. The molecule has 0 saturated heterocycles. The van der Waals surface area contributed by atoms with Gasteiger partial charge in [-0.3, -0.25) is 4.72 Å². The second-order valence-corrected chi connectivity index (χ2v) is 8.46. The van der Waals surface area contributed by atoms with Gasteiger partial charge in [0.05, 0.1) is 26.3 Å². The lowest BCUT2D eigenvalue weighted by atomic mass is 10.3. The van der Waals surface area contributed by atoms with Crippen molar-refractivity contribution in [1.82, 2.24) is 0 Å². The van der Waals surface area contributed by atoms with Gasteiger partial charge in [-0.2, -0.15) is 0 Å². The van der Waals surface area contributed by atoms with Gasteiger partial charge in [-0.1, -0.05) is 23.2 Å². The summed E-state index contributed by atoms with van der Waals surface area (Å²) in [4.78, 5) is 11.9. The summed E-state index contributed by atoms with van der Waals surface area (Å²) in [6, 6.07) is 11.5. The number of sulfonamides is 1. The van der Waals surface area contributed by atoms with Gasteiger partial charge in [0.15, 0.2) is 0 Å². The van der Waals surface area contributed by atoms with E-state index in [-0.39, 0.29) is 32.0 Å². The monoisotopic (exact) mass is 471 g/mol. The van der Waals surface area contributed by atoms with Crippen LogP contribution in [0.3, 0.4) is 0 Å². The summed E-state index contributed by atoms with van der Waals surface area (Å²) in [5.41, 5.74) is 0.273. The molecule has 0 atom stereocenters. The normalized spacial score (nSPS) is 11.1. The first-order valence-corrected chi connectivity index (χ1v) is 10.5. The van der Waals surface area contributed by atoms with E-state index in [0.717, 1.165) is 12.1 Å². The molecule has 0 spiro atoms. The Balaban J connectivity index is 1.67. The van der Waals surface area contributed by atoms with E-state index in [9.17, 15) is 22.0 Å². The lowest BCUT2D eigenvalue weighted by Gasteiger charge is -2.11. The van der Waals surface area contributed by atoms with E-state index in [1.807, 2.05) is 0 Å². The Morgan fingerprint density at radius 3 is 2.10 bits per heavy atom. The Bertz CT molecular complexity index is 1210. The van der Waals surface area contributed by atoms with Crippen molar-refractivity contribution in [3.8, 4) is 0 Å². The highest BCUT2D eigenvalue weighted by Gasteiger charge is 2.15. The highest BCUT2D eigenvalue weighted by Crippen LogP contribution is 2.27. The molecule has 3 aromatic carbocycles. The number of rotatable bonds is 5. The molecule has 0 heterocycles. The first kappa shape index (κ1) is 21.8. The lowest BCUT2D eigenvalue weighted by Crippen LogP contribution is -2.20. The number of benzene rings is 3. The number of hydrogen-bond acceptors (Lipinski definition) is 3. The van der Waals surface area contributed by atoms with Crippen molar-refractivity contribution in [2.75, 3.05) is 15.4 Å². The number of carbonyl (C=O) groups excluding carboxylic acids is 1. The zero-order chi connectivity index (χ0) is 21.9. The maximum absolute atomic E-state index is 13.6. The van der Waals surface area contributed by atoms with E-state index in [1.54, 1.807) is 0 Å². The molecule has 0 unspecified atom stereocenters. The molecule has 0 aliphatic rings. The molecule has 156 valence electrons. The first-order chi connectivity index (χ1) is 14.1. The average molecular weight is 472 g/mol. The quantitative estimate of drug-likeness (QED) is 0.444. The van der Waals surface area contributed by atoms with Crippen LogP contribution >= 0.6 is 23.2 Å². The summed E-state index contributed by atoms with van der Waals surface area (Å²) in [5, 5.41) is 5.12. The summed E-state index contributed by atoms with van der Waals surface area (Å²) in [7, 11) is -3.91. The average Bonchev–Trinajstić information content (AvgIpc) is 2.67. The van der Waals surface area contributed by atoms with E-state index >= 15 is 0 Å². The maximum Gasteiger partial charge on any atom is 0.323 e. The summed E-state index contributed by atoms with van der Waals surface area (Å²) in [6.45, 7) is 0. The Morgan fingerprint density at radius 1 is 0.800 bits per heavy atom. The molecular weight excluding hydrogens is 459 g/mol. The van der Waals surface area contributed by atoms with Crippen molar-refractivity contribution in [2.24, 2.45) is 0 Å². The van der Waals surface area contributed by atoms with Gasteiger partial charge in [-0.25, -0.2) is 22.0 Å². The molecule has 3 rings (SSSR count). The van der Waals surface area contributed by atoms with Crippen LogP contribution in [0.1, 0.15) is 0 Å². The number of halogens is 4. The van der Waals surface area contributed by atoms with Crippen molar-refractivity contribution in [1.29, 1.82) is 0 Å². The van der Waals surface area contributed by atoms with E-state index in [4.69, 9.17) is 23.2 Å². The fraction of sp³-hybridized carbons (Fsp3) is 0. The SMILES string of the molecule is O=C(Nc1ccc(S(=O)(=O)Nc2ccc(Cl)c(Cl)c2)cc1)Nc1ccc(F)cc1F. The van der Waals surface area contributed by atoms with Gasteiger partial charge in [-0.15, -0.1) is 0 Å². The molecule has 0 aromatic heterocycles. The van der Waals surface area contributed by atoms with Crippen molar-refractivity contribution >= 4 is 56.3 Å². The number of urea groups is 1. The van der Waals surface area contributed by atoms with Crippen LogP contribution < -0.4 is 15.4 Å². The molecule has 0 fully saturated rings. The Morgan fingerprint density at radius 2 is 1.47 bits per heavy atom. The number of amides is 2. The fourth-order valence-electron chi connectivity index (χ4n) is 2.37. The van der Waals surface area contributed by atoms with Crippen LogP contribution in [0.5, 0.6) is 0 Å². The second-order valence-electron chi connectivity index (χ2n) is 5.96. The third kappa shape index (κ3) is 5.38. The number of hydrogen-bond donors (Lipinski definition) is 3. The van der Waals surface area contributed by atoms with Crippen LogP contribution in [0, 0.1) is 11.6 Å². The first-order valence-electron chi connectivity index (χ1n) is 8.25. The third-order valence-corrected chi connectivity index (χ3v) is 5.91. The third-order valence-electron chi connectivity index (χ3n) is 3.77. The lowest BCUT2D eigenvalue weighted by molar-refractivity contribution is 0.262. The van der Waals surface area contributed by atoms with Crippen LogP contribution in [-0.2, 0) is 10.0 Å². The predicted octanol–water partition coefficient (Wildman–Crippen LogP) is 5.72. The molecule has 0 aliphatic carbocycles. The van der Waals surface area contributed by atoms with E-state index in [1.165, 1.54) is 42.5 Å². The Hall–Kier alpha value is -2.88. The molecule has 3 N–H and O–H groups in total. The maximum atomic E-state index is 13.6. The second kappa shape index (κ2) is 8.86. The molecule has 0 bridgehead atoms. The molecule has 0 aliphatic heterocycles. The standard InChI is InChI=1S/C19H13Cl2F2N3O3S/c20-15-7-4-13(10-16(15)21)26-30(28,29)14-5-2-12(3-6-14)24-19(27)25-18-8-1-11(22)9-17(18)23/h1-10,26H,(H2,24,25,27). The van der Waals surface area contributed by atoms with Gasteiger partial charge in [-0.05, 0) is 54.6 Å².